The molecule has 0 radical (unpaired) electrons. The van der Waals surface area contributed by atoms with E-state index in [9.17, 15) is 0 Å². The Morgan fingerprint density at radius 1 is 1.45 bits per heavy atom. The Hall–Kier alpha value is -0.750. The molecule has 0 saturated heterocycles. The van der Waals surface area contributed by atoms with E-state index in [-0.39, 0.29) is 12.1 Å². The molecule has 1 heterocycles. The van der Waals surface area contributed by atoms with Gasteiger partial charge in [-0.3, -0.25) is 0 Å². The molecule has 0 aliphatic carbocycles. The highest BCUT2D eigenvalue weighted by Gasteiger charge is 2.17. The highest BCUT2D eigenvalue weighted by Crippen LogP contribution is 2.24. The van der Waals surface area contributed by atoms with Crippen molar-refractivity contribution in [3.05, 3.63) is 50.4 Å². The molecule has 108 valence electrons. The predicted octanol–water partition coefficient (Wildman–Crippen LogP) is 3.86. The zero-order chi connectivity index (χ0) is 14.5. The summed E-state index contributed by atoms with van der Waals surface area (Å²) in [6.45, 7) is 4.66. The Labute approximate surface area is 132 Å². The molecule has 0 fully saturated rings. The number of nitrogens with zero attached hydrogens (tertiary/aromatic N) is 1. The lowest BCUT2D eigenvalue weighted by molar-refractivity contribution is 0.0405. The van der Waals surface area contributed by atoms with Crippen LogP contribution in [0, 0.1) is 6.92 Å². The Kier molecular flexibility index (Phi) is 5.72. The van der Waals surface area contributed by atoms with Gasteiger partial charge >= 0.3 is 0 Å². The van der Waals surface area contributed by atoms with Gasteiger partial charge in [0.1, 0.15) is 0 Å². The van der Waals surface area contributed by atoms with Crippen molar-refractivity contribution in [1.29, 1.82) is 0 Å². The molecule has 1 aromatic carbocycles. The molecule has 2 rings (SSSR count). The second-order valence-corrected chi connectivity index (χ2v) is 6.67. The maximum atomic E-state index is 6.06. The number of hydrogen-bond acceptors (Lipinski definition) is 4. The van der Waals surface area contributed by atoms with Gasteiger partial charge in [0.05, 0.1) is 23.9 Å². The van der Waals surface area contributed by atoms with Gasteiger partial charge < -0.3 is 10.5 Å². The maximum absolute atomic E-state index is 6.06. The van der Waals surface area contributed by atoms with E-state index in [1.165, 1.54) is 4.88 Å². The van der Waals surface area contributed by atoms with Crippen molar-refractivity contribution >= 4 is 27.3 Å². The lowest BCUT2D eigenvalue weighted by Crippen LogP contribution is -2.27. The molecule has 0 saturated carbocycles. The lowest BCUT2D eigenvalue weighted by Gasteiger charge is -2.22. The number of ether oxygens (including phenoxy) is 1. The van der Waals surface area contributed by atoms with Gasteiger partial charge in [-0.1, -0.05) is 28.1 Å². The topological polar surface area (TPSA) is 48.1 Å². The smallest absolute Gasteiger partial charge is 0.0973 e. The van der Waals surface area contributed by atoms with E-state index in [4.69, 9.17) is 10.5 Å². The van der Waals surface area contributed by atoms with E-state index >= 15 is 0 Å². The average molecular weight is 355 g/mol. The number of benzene rings is 1. The molecule has 5 heteroatoms. The van der Waals surface area contributed by atoms with Crippen LogP contribution in [0.2, 0.25) is 0 Å². The number of aryl methyl sites for hydroxylation is 1. The van der Waals surface area contributed by atoms with E-state index in [1.54, 1.807) is 11.3 Å². The van der Waals surface area contributed by atoms with Crippen molar-refractivity contribution in [3.63, 3.8) is 0 Å². The zero-order valence-electron chi connectivity index (χ0n) is 11.7. The first-order valence-electron chi connectivity index (χ1n) is 6.59. The summed E-state index contributed by atoms with van der Waals surface area (Å²) in [6, 6.07) is 8.07. The standard InChI is InChI=1S/C15H19BrN2OS/c1-10(17)15(12-4-3-5-13(16)8-12)19-7-6-14-11(2)18-9-20-14/h3-5,8-10,15H,6-7,17H2,1-2H3. The number of thiazole rings is 1. The van der Waals surface area contributed by atoms with E-state index in [0.717, 1.165) is 22.2 Å². The van der Waals surface area contributed by atoms with Crippen LogP contribution in [0.3, 0.4) is 0 Å². The molecule has 0 aliphatic rings. The van der Waals surface area contributed by atoms with Gasteiger partial charge in [-0.15, -0.1) is 11.3 Å². The monoisotopic (exact) mass is 354 g/mol. The quantitative estimate of drug-likeness (QED) is 0.856. The molecule has 2 N–H and O–H groups in total. The normalized spacial score (nSPS) is 14.2. The van der Waals surface area contributed by atoms with Crippen LogP contribution in [0.5, 0.6) is 0 Å². The minimum absolute atomic E-state index is 0.0492. The largest absolute Gasteiger partial charge is 0.372 e. The number of halogens is 1. The zero-order valence-corrected chi connectivity index (χ0v) is 14.1. The average Bonchev–Trinajstić information content (AvgIpc) is 2.80. The molecule has 0 aliphatic heterocycles. The van der Waals surface area contributed by atoms with Crippen LogP contribution < -0.4 is 5.73 Å². The van der Waals surface area contributed by atoms with Crippen molar-refractivity contribution < 1.29 is 4.74 Å². The highest BCUT2D eigenvalue weighted by molar-refractivity contribution is 9.10. The second-order valence-electron chi connectivity index (χ2n) is 4.82. The van der Waals surface area contributed by atoms with E-state index in [0.29, 0.717) is 6.61 Å². The minimum Gasteiger partial charge on any atom is -0.372 e. The van der Waals surface area contributed by atoms with Gasteiger partial charge in [0, 0.05) is 21.8 Å². The fraction of sp³-hybridized carbons (Fsp3) is 0.400. The third kappa shape index (κ3) is 4.12. The first kappa shape index (κ1) is 15.6. The van der Waals surface area contributed by atoms with E-state index in [1.807, 2.05) is 31.5 Å². The summed E-state index contributed by atoms with van der Waals surface area (Å²) in [5.41, 5.74) is 10.1. The van der Waals surface area contributed by atoms with E-state index < -0.39 is 0 Å². The van der Waals surface area contributed by atoms with Crippen LogP contribution in [0.4, 0.5) is 0 Å². The first-order valence-corrected chi connectivity index (χ1v) is 8.27. The Morgan fingerprint density at radius 3 is 2.85 bits per heavy atom. The van der Waals surface area contributed by atoms with Crippen molar-refractivity contribution in [1.82, 2.24) is 4.98 Å². The molecule has 0 spiro atoms. The summed E-state index contributed by atoms with van der Waals surface area (Å²) in [6.07, 6.45) is 0.800. The third-order valence-electron chi connectivity index (χ3n) is 3.13. The van der Waals surface area contributed by atoms with Crippen molar-refractivity contribution in [3.8, 4) is 0 Å². The summed E-state index contributed by atoms with van der Waals surface area (Å²) in [4.78, 5) is 5.53. The lowest BCUT2D eigenvalue weighted by atomic mass is 10.0. The van der Waals surface area contributed by atoms with Gasteiger partial charge in [0.2, 0.25) is 0 Å². The molecule has 20 heavy (non-hydrogen) atoms. The Morgan fingerprint density at radius 2 is 2.25 bits per heavy atom. The maximum Gasteiger partial charge on any atom is 0.0973 e. The van der Waals surface area contributed by atoms with Gasteiger partial charge in [-0.2, -0.15) is 0 Å². The summed E-state index contributed by atoms with van der Waals surface area (Å²) in [5, 5.41) is 0. The molecular formula is C15H19BrN2OS. The van der Waals surface area contributed by atoms with Crippen LogP contribution in [0.1, 0.15) is 29.2 Å². The Bertz CT molecular complexity index is 556. The number of nitrogens with two attached hydrogens (primary N) is 1. The SMILES string of the molecule is Cc1ncsc1CCOC(c1cccc(Br)c1)C(C)N. The minimum atomic E-state index is -0.0827. The second kappa shape index (κ2) is 7.31. The third-order valence-corrected chi connectivity index (χ3v) is 4.61. The molecule has 2 aromatic rings. The van der Waals surface area contributed by atoms with Crippen LogP contribution >= 0.6 is 27.3 Å². The summed E-state index contributed by atoms with van der Waals surface area (Å²) < 4.78 is 7.05. The molecular weight excluding hydrogens is 336 g/mol. The molecule has 0 amide bonds. The molecule has 3 nitrogen and oxygen atoms in total. The van der Waals surface area contributed by atoms with Crippen LogP contribution in [0.25, 0.3) is 0 Å². The van der Waals surface area contributed by atoms with Crippen LogP contribution in [0.15, 0.2) is 34.2 Å². The van der Waals surface area contributed by atoms with Crippen molar-refractivity contribution in [2.75, 3.05) is 6.61 Å². The number of rotatable bonds is 6. The molecule has 1 aromatic heterocycles. The first-order chi connectivity index (χ1) is 9.58. The summed E-state index contributed by atoms with van der Waals surface area (Å²) >= 11 is 5.16. The number of aromatic nitrogens is 1. The highest BCUT2D eigenvalue weighted by atomic mass is 79.9. The fourth-order valence-electron chi connectivity index (χ4n) is 2.08. The molecule has 2 unspecified atom stereocenters. The van der Waals surface area contributed by atoms with Gasteiger partial charge in [-0.05, 0) is 31.5 Å². The van der Waals surface area contributed by atoms with Crippen LogP contribution in [-0.4, -0.2) is 17.6 Å². The van der Waals surface area contributed by atoms with Crippen molar-refractivity contribution in [2.45, 2.75) is 32.4 Å². The fourth-order valence-corrected chi connectivity index (χ4v) is 3.26. The summed E-state index contributed by atoms with van der Waals surface area (Å²) in [7, 11) is 0. The van der Waals surface area contributed by atoms with Gasteiger partial charge in [0.25, 0.3) is 0 Å². The predicted molar refractivity (Wildman–Crippen MR) is 87.0 cm³/mol. The van der Waals surface area contributed by atoms with Gasteiger partial charge in [-0.25, -0.2) is 4.98 Å². The van der Waals surface area contributed by atoms with Crippen molar-refractivity contribution in [2.24, 2.45) is 5.73 Å². The van der Waals surface area contributed by atoms with Gasteiger partial charge in [0.15, 0.2) is 0 Å². The molecule has 2 atom stereocenters. The van der Waals surface area contributed by atoms with Crippen LogP contribution in [-0.2, 0) is 11.2 Å². The summed E-state index contributed by atoms with van der Waals surface area (Å²) in [5.74, 6) is 0. The Balaban J connectivity index is 1.98. The molecule has 0 bridgehead atoms. The van der Waals surface area contributed by atoms with E-state index in [2.05, 4.69) is 33.0 Å². The number of hydrogen-bond donors (Lipinski definition) is 1.